The predicted molar refractivity (Wildman–Crippen MR) is 122 cm³/mol. The van der Waals surface area contributed by atoms with E-state index in [1.807, 2.05) is 0 Å². The highest BCUT2D eigenvalue weighted by Crippen LogP contribution is 2.44. The highest BCUT2D eigenvalue weighted by atomic mass is 79.9. The Hall–Kier alpha value is -0.203. The second kappa shape index (κ2) is 9.08. The zero-order chi connectivity index (χ0) is 19.6. The van der Waals surface area contributed by atoms with Gasteiger partial charge in [-0.2, -0.15) is 0 Å². The average molecular weight is 454 g/mol. The topological polar surface area (TPSA) is 24.5 Å². The van der Waals surface area contributed by atoms with Crippen molar-refractivity contribution in [2.75, 3.05) is 26.3 Å². The van der Waals surface area contributed by atoms with E-state index in [1.54, 1.807) is 0 Å². The minimum absolute atomic E-state index is 0.361. The number of fused-ring (bicyclic) bond motifs is 1. The van der Waals surface area contributed by atoms with Gasteiger partial charge in [0.25, 0.3) is 0 Å². The fourth-order valence-corrected chi connectivity index (χ4v) is 5.22. The summed E-state index contributed by atoms with van der Waals surface area (Å²) in [5.74, 6) is 0.561. The predicted octanol–water partition coefficient (Wildman–Crippen LogP) is 4.64. The maximum atomic E-state index is 6.37. The Kier molecular flexibility index (Phi) is 7.23. The molecule has 152 valence electrons. The molecule has 4 atom stereocenters. The van der Waals surface area contributed by atoms with Gasteiger partial charge >= 0.3 is 0 Å². The van der Waals surface area contributed by atoms with Gasteiger partial charge in [-0.25, -0.2) is 0 Å². The molecule has 27 heavy (non-hydrogen) atoms. The van der Waals surface area contributed by atoms with Gasteiger partial charge in [-0.15, -0.1) is 0 Å². The molecule has 2 aliphatic heterocycles. The van der Waals surface area contributed by atoms with Crippen molar-refractivity contribution in [1.82, 2.24) is 10.2 Å². The molecule has 1 aromatic carbocycles. The first-order chi connectivity index (χ1) is 12.8. The van der Waals surface area contributed by atoms with Gasteiger partial charge in [0.05, 0.1) is 6.61 Å². The molecular weight excluding hydrogens is 416 g/mol. The number of nitrogens with zero attached hydrogens (tertiary/aromatic N) is 1. The third kappa shape index (κ3) is 4.87. The molecule has 0 aliphatic carbocycles. The summed E-state index contributed by atoms with van der Waals surface area (Å²) in [5.41, 5.74) is 1.46. The number of ether oxygens (including phenoxy) is 1. The van der Waals surface area contributed by atoms with Crippen LogP contribution in [0.5, 0.6) is 0 Å². The molecule has 0 amide bonds. The first-order valence-electron chi connectivity index (χ1n) is 10.6. The van der Waals surface area contributed by atoms with Crippen LogP contribution in [-0.4, -0.2) is 58.1 Å². The van der Waals surface area contributed by atoms with Crippen LogP contribution in [0, 0.1) is 0 Å². The van der Waals surface area contributed by atoms with Crippen molar-refractivity contribution < 1.29 is 4.74 Å². The van der Waals surface area contributed by atoms with Crippen LogP contribution >= 0.6 is 15.9 Å². The lowest BCUT2D eigenvalue weighted by Gasteiger charge is -2.59. The van der Waals surface area contributed by atoms with E-state index in [2.05, 4.69) is 84.3 Å². The van der Waals surface area contributed by atoms with Crippen molar-refractivity contribution in [2.24, 2.45) is 0 Å². The molecule has 3 rings (SSSR count). The average Bonchev–Trinajstić information content (AvgIpc) is 2.59. The van der Waals surface area contributed by atoms with Gasteiger partial charge in [0.2, 0.25) is 0 Å². The number of rotatable bonds is 6. The van der Waals surface area contributed by atoms with Crippen LogP contribution in [0.15, 0.2) is 28.7 Å². The lowest BCUT2D eigenvalue weighted by Crippen LogP contribution is -2.69. The Bertz CT molecular complexity index is 607. The van der Waals surface area contributed by atoms with E-state index in [4.69, 9.17) is 4.74 Å². The minimum Gasteiger partial charge on any atom is -0.380 e. The van der Waals surface area contributed by atoms with Crippen LogP contribution in [0.1, 0.15) is 45.1 Å². The summed E-state index contributed by atoms with van der Waals surface area (Å²) < 4.78 is 7.53. The third-order valence-electron chi connectivity index (χ3n) is 7.01. The van der Waals surface area contributed by atoms with E-state index >= 15 is 0 Å². The molecular formula is C22H37BrN2OSi. The smallest absolute Gasteiger partial charge is 0.0628 e. The van der Waals surface area contributed by atoms with Gasteiger partial charge in [-0.1, -0.05) is 55.0 Å². The molecule has 0 saturated carbocycles. The number of nitrogens with one attached hydrogen (secondary N) is 1. The van der Waals surface area contributed by atoms with Crippen LogP contribution in [0.4, 0.5) is 0 Å². The van der Waals surface area contributed by atoms with E-state index in [-0.39, 0.29) is 0 Å². The minimum atomic E-state index is -0.724. The van der Waals surface area contributed by atoms with Crippen LogP contribution in [-0.2, 0) is 4.74 Å². The molecule has 0 radical (unpaired) electrons. The molecule has 5 heteroatoms. The Morgan fingerprint density at radius 2 is 1.96 bits per heavy atom. The molecule has 1 unspecified atom stereocenters. The Morgan fingerprint density at radius 3 is 2.63 bits per heavy atom. The van der Waals surface area contributed by atoms with Crippen LogP contribution in [0.2, 0.25) is 18.1 Å². The molecule has 2 heterocycles. The maximum absolute atomic E-state index is 6.37. The van der Waals surface area contributed by atoms with Crippen molar-refractivity contribution in [3.8, 4) is 0 Å². The zero-order valence-corrected chi connectivity index (χ0v) is 20.4. The SMILES string of the molecule is CC1CCCNC[C@H]2[C@@H](c3ccc(Br)cc3)[C@@H](COCC(C)(C)[SiH](C)C)N12. The fourth-order valence-electron chi connectivity index (χ4n) is 4.51. The Morgan fingerprint density at radius 1 is 1.26 bits per heavy atom. The maximum Gasteiger partial charge on any atom is 0.0628 e. The second-order valence-electron chi connectivity index (χ2n) is 9.51. The normalized spacial score (nSPS) is 29.7. The third-order valence-corrected chi connectivity index (χ3v) is 10.8. The van der Waals surface area contributed by atoms with Crippen molar-refractivity contribution in [2.45, 2.75) is 75.8 Å². The first-order valence-corrected chi connectivity index (χ1v) is 14.3. The van der Waals surface area contributed by atoms with Gasteiger partial charge in [0, 0.05) is 50.5 Å². The van der Waals surface area contributed by atoms with Gasteiger partial charge in [-0.05, 0) is 49.0 Å². The monoisotopic (exact) mass is 452 g/mol. The number of hydrogen-bond acceptors (Lipinski definition) is 3. The van der Waals surface area contributed by atoms with E-state index in [0.29, 0.717) is 29.1 Å². The fraction of sp³-hybridized carbons (Fsp3) is 0.727. The zero-order valence-electron chi connectivity index (χ0n) is 17.7. The lowest BCUT2D eigenvalue weighted by atomic mass is 9.73. The summed E-state index contributed by atoms with van der Waals surface area (Å²) in [5, 5.41) is 4.04. The van der Waals surface area contributed by atoms with Crippen molar-refractivity contribution in [1.29, 1.82) is 0 Å². The first kappa shape index (κ1) is 21.5. The van der Waals surface area contributed by atoms with Crippen molar-refractivity contribution in [3.05, 3.63) is 34.3 Å². The summed E-state index contributed by atoms with van der Waals surface area (Å²) in [7, 11) is -0.724. The molecule has 1 N–H and O–H groups in total. The summed E-state index contributed by atoms with van der Waals surface area (Å²) in [4.78, 5) is 2.75. The van der Waals surface area contributed by atoms with Crippen LogP contribution < -0.4 is 5.32 Å². The highest BCUT2D eigenvalue weighted by Gasteiger charge is 2.50. The van der Waals surface area contributed by atoms with Crippen molar-refractivity contribution in [3.63, 3.8) is 0 Å². The van der Waals surface area contributed by atoms with E-state index in [9.17, 15) is 0 Å². The van der Waals surface area contributed by atoms with E-state index in [1.165, 1.54) is 18.4 Å². The van der Waals surface area contributed by atoms with Crippen LogP contribution in [0.25, 0.3) is 0 Å². The highest BCUT2D eigenvalue weighted by molar-refractivity contribution is 9.10. The summed E-state index contributed by atoms with van der Waals surface area (Å²) in [6, 6.07) is 10.7. The molecule has 0 aromatic heterocycles. The summed E-state index contributed by atoms with van der Waals surface area (Å²) in [6.45, 7) is 16.0. The van der Waals surface area contributed by atoms with Crippen LogP contribution in [0.3, 0.4) is 0 Å². The summed E-state index contributed by atoms with van der Waals surface area (Å²) >= 11 is 3.58. The van der Waals surface area contributed by atoms with Gasteiger partial charge in [0.15, 0.2) is 0 Å². The molecule has 0 spiro atoms. The molecule has 2 aliphatic rings. The summed E-state index contributed by atoms with van der Waals surface area (Å²) in [6.07, 6.45) is 2.55. The van der Waals surface area contributed by atoms with Gasteiger partial charge < -0.3 is 10.1 Å². The Labute approximate surface area is 176 Å². The molecule has 2 fully saturated rings. The lowest BCUT2D eigenvalue weighted by molar-refractivity contribution is -0.0903. The van der Waals surface area contributed by atoms with E-state index in [0.717, 1.165) is 30.8 Å². The quantitative estimate of drug-likeness (QED) is 0.635. The largest absolute Gasteiger partial charge is 0.380 e. The standard InChI is InChI=1S/C22H37BrN2OSi/c1-16-7-6-12-24-13-19-21(17-8-10-18(23)11-9-17)20(25(16)19)14-26-15-22(2,3)27(4)5/h8-11,16,19-21,24,27H,6-7,12-15H2,1-5H3/t16?,19-,20+,21+/m0/s1. The molecule has 3 nitrogen and oxygen atoms in total. The van der Waals surface area contributed by atoms with Crippen molar-refractivity contribution >= 4 is 24.7 Å². The molecule has 0 bridgehead atoms. The number of benzene rings is 1. The Balaban J connectivity index is 1.75. The van der Waals surface area contributed by atoms with Gasteiger partial charge in [0.1, 0.15) is 0 Å². The second-order valence-corrected chi connectivity index (χ2v) is 14.3. The number of halogens is 1. The van der Waals surface area contributed by atoms with Gasteiger partial charge in [-0.3, -0.25) is 4.90 Å². The number of hydrogen-bond donors (Lipinski definition) is 1. The molecule has 2 saturated heterocycles. The molecule has 1 aromatic rings. The van der Waals surface area contributed by atoms with E-state index < -0.39 is 8.80 Å².